The molecule has 0 spiro atoms. The number of hydrogen-bond donors (Lipinski definition) is 2. The molecule has 0 radical (unpaired) electrons. The minimum absolute atomic E-state index is 0.169. The first-order chi connectivity index (χ1) is 7.54. The molecular weight excluding hydrogens is 206 g/mol. The Balaban J connectivity index is 2.68. The van der Waals surface area contributed by atoms with Crippen molar-refractivity contribution in [2.24, 2.45) is 5.92 Å². The van der Waals surface area contributed by atoms with Gasteiger partial charge in [-0.3, -0.25) is 4.79 Å². The number of carboxylic acid groups (broad SMARTS) is 1. The molecule has 2 N–H and O–H groups in total. The highest BCUT2D eigenvalue weighted by Crippen LogP contribution is 2.34. The molecule has 4 nitrogen and oxygen atoms in total. The quantitative estimate of drug-likeness (QED) is 0.771. The summed E-state index contributed by atoms with van der Waals surface area (Å²) in [4.78, 5) is 22.7. The van der Waals surface area contributed by atoms with Crippen LogP contribution in [0.25, 0.3) is 0 Å². The van der Waals surface area contributed by atoms with Crippen molar-refractivity contribution in [3.63, 3.8) is 0 Å². The fourth-order valence-corrected chi connectivity index (χ4v) is 2.33. The molecule has 0 saturated heterocycles. The fourth-order valence-electron chi connectivity index (χ4n) is 2.33. The van der Waals surface area contributed by atoms with Crippen molar-refractivity contribution < 1.29 is 14.7 Å². The lowest BCUT2D eigenvalue weighted by Crippen LogP contribution is -2.56. The van der Waals surface area contributed by atoms with Crippen LogP contribution in [0.1, 0.15) is 52.4 Å². The number of carboxylic acids is 1. The van der Waals surface area contributed by atoms with Gasteiger partial charge in [-0.2, -0.15) is 0 Å². The first-order valence-electron chi connectivity index (χ1n) is 6.08. The molecule has 1 rings (SSSR count). The van der Waals surface area contributed by atoms with E-state index in [1.165, 1.54) is 0 Å². The zero-order valence-corrected chi connectivity index (χ0v) is 10.1. The smallest absolute Gasteiger partial charge is 0.329 e. The van der Waals surface area contributed by atoms with Crippen LogP contribution >= 0.6 is 0 Å². The summed E-state index contributed by atoms with van der Waals surface area (Å²) in [5.41, 5.74) is -1.00. The monoisotopic (exact) mass is 227 g/mol. The van der Waals surface area contributed by atoms with Crippen molar-refractivity contribution in [1.82, 2.24) is 5.32 Å². The Kier molecular flexibility index (Phi) is 4.33. The van der Waals surface area contributed by atoms with Crippen LogP contribution in [0, 0.1) is 5.92 Å². The van der Waals surface area contributed by atoms with Crippen LogP contribution in [0.3, 0.4) is 0 Å². The molecule has 0 aliphatic heterocycles. The van der Waals surface area contributed by atoms with E-state index in [1.54, 1.807) is 6.92 Å². The summed E-state index contributed by atoms with van der Waals surface area (Å²) in [5, 5.41) is 12.0. The van der Waals surface area contributed by atoms with Crippen LogP contribution in [0.2, 0.25) is 0 Å². The average molecular weight is 227 g/mol. The van der Waals surface area contributed by atoms with Gasteiger partial charge in [-0.25, -0.2) is 4.79 Å². The molecule has 16 heavy (non-hydrogen) atoms. The predicted molar refractivity (Wildman–Crippen MR) is 61.0 cm³/mol. The van der Waals surface area contributed by atoms with Crippen LogP contribution in [0.5, 0.6) is 0 Å². The third-order valence-electron chi connectivity index (χ3n) is 3.65. The molecule has 0 aromatic carbocycles. The van der Waals surface area contributed by atoms with E-state index in [4.69, 9.17) is 0 Å². The molecule has 92 valence electrons. The van der Waals surface area contributed by atoms with E-state index in [0.717, 1.165) is 19.3 Å². The van der Waals surface area contributed by atoms with Gasteiger partial charge in [0.05, 0.1) is 0 Å². The fraction of sp³-hybridized carbons (Fsp3) is 0.833. The van der Waals surface area contributed by atoms with Crippen LogP contribution in [0.4, 0.5) is 0 Å². The molecule has 1 fully saturated rings. The van der Waals surface area contributed by atoms with E-state index in [0.29, 0.717) is 25.2 Å². The van der Waals surface area contributed by atoms with Crippen molar-refractivity contribution >= 4 is 11.9 Å². The molecule has 0 unspecified atom stereocenters. The molecule has 1 saturated carbocycles. The van der Waals surface area contributed by atoms with Crippen molar-refractivity contribution in [3.8, 4) is 0 Å². The highest BCUT2D eigenvalue weighted by molar-refractivity contribution is 5.86. The van der Waals surface area contributed by atoms with Gasteiger partial charge in [0, 0.05) is 6.42 Å². The van der Waals surface area contributed by atoms with E-state index in [9.17, 15) is 14.7 Å². The SMILES string of the molecule is CCC(=O)NC1(C(=O)O)CCC(CC)CC1. The number of aliphatic carboxylic acids is 1. The first kappa shape index (κ1) is 13.0. The highest BCUT2D eigenvalue weighted by Gasteiger charge is 2.42. The van der Waals surface area contributed by atoms with Crippen molar-refractivity contribution in [2.75, 3.05) is 0 Å². The lowest BCUT2D eigenvalue weighted by atomic mass is 9.75. The van der Waals surface area contributed by atoms with Gasteiger partial charge in [-0.05, 0) is 31.6 Å². The van der Waals surface area contributed by atoms with Crippen LogP contribution in [0.15, 0.2) is 0 Å². The van der Waals surface area contributed by atoms with Gasteiger partial charge in [-0.1, -0.05) is 20.3 Å². The van der Waals surface area contributed by atoms with Gasteiger partial charge in [0.15, 0.2) is 0 Å². The third-order valence-corrected chi connectivity index (χ3v) is 3.65. The molecule has 0 aromatic rings. The molecule has 0 atom stereocenters. The zero-order valence-electron chi connectivity index (χ0n) is 10.1. The second-order valence-electron chi connectivity index (χ2n) is 4.64. The number of amides is 1. The molecule has 0 bridgehead atoms. The van der Waals surface area contributed by atoms with Gasteiger partial charge in [0.1, 0.15) is 5.54 Å². The zero-order chi connectivity index (χ0) is 12.2. The summed E-state index contributed by atoms with van der Waals surface area (Å²) in [6.07, 6.45) is 4.35. The summed E-state index contributed by atoms with van der Waals surface area (Å²) in [7, 11) is 0. The number of carbonyl (C=O) groups excluding carboxylic acids is 1. The van der Waals surface area contributed by atoms with E-state index >= 15 is 0 Å². The highest BCUT2D eigenvalue weighted by atomic mass is 16.4. The molecule has 0 aromatic heterocycles. The summed E-state index contributed by atoms with van der Waals surface area (Å²) >= 11 is 0. The van der Waals surface area contributed by atoms with Crippen molar-refractivity contribution in [1.29, 1.82) is 0 Å². The molecule has 4 heteroatoms. The number of hydrogen-bond acceptors (Lipinski definition) is 2. The molecule has 1 aliphatic rings. The molecular formula is C12H21NO3. The van der Waals surface area contributed by atoms with Crippen molar-refractivity contribution in [3.05, 3.63) is 0 Å². The predicted octanol–water partition coefficient (Wildman–Crippen LogP) is 1.94. The van der Waals surface area contributed by atoms with Gasteiger partial charge >= 0.3 is 5.97 Å². The number of nitrogens with one attached hydrogen (secondary N) is 1. The van der Waals surface area contributed by atoms with E-state index in [1.807, 2.05) is 0 Å². The van der Waals surface area contributed by atoms with Gasteiger partial charge in [-0.15, -0.1) is 0 Å². The summed E-state index contributed by atoms with van der Waals surface area (Å²) in [6, 6.07) is 0. The van der Waals surface area contributed by atoms with Crippen molar-refractivity contribution in [2.45, 2.75) is 57.9 Å². The second kappa shape index (κ2) is 5.32. The number of carbonyl (C=O) groups is 2. The van der Waals surface area contributed by atoms with Crippen LogP contribution < -0.4 is 5.32 Å². The first-order valence-corrected chi connectivity index (χ1v) is 6.08. The summed E-state index contributed by atoms with van der Waals surface area (Å²) in [6.45, 7) is 3.87. The van der Waals surface area contributed by atoms with Gasteiger partial charge < -0.3 is 10.4 Å². The Morgan fingerprint density at radius 1 is 1.31 bits per heavy atom. The van der Waals surface area contributed by atoms with Crippen LogP contribution in [-0.4, -0.2) is 22.5 Å². The molecule has 1 amide bonds. The van der Waals surface area contributed by atoms with Crippen LogP contribution in [-0.2, 0) is 9.59 Å². The lowest BCUT2D eigenvalue weighted by Gasteiger charge is -2.37. The largest absolute Gasteiger partial charge is 0.480 e. The maximum Gasteiger partial charge on any atom is 0.329 e. The standard InChI is InChI=1S/C12H21NO3/c1-3-9-5-7-12(8-6-9,11(15)16)13-10(14)4-2/h9H,3-8H2,1-2H3,(H,13,14)(H,15,16). The Labute approximate surface area is 96.4 Å². The Hall–Kier alpha value is -1.06. The minimum Gasteiger partial charge on any atom is -0.480 e. The van der Waals surface area contributed by atoms with Gasteiger partial charge in [0.25, 0.3) is 0 Å². The Bertz CT molecular complexity index is 267. The van der Waals surface area contributed by atoms with Gasteiger partial charge in [0.2, 0.25) is 5.91 Å². The Morgan fingerprint density at radius 3 is 2.25 bits per heavy atom. The van der Waals surface area contributed by atoms with E-state index < -0.39 is 11.5 Å². The molecule has 1 aliphatic carbocycles. The third kappa shape index (κ3) is 2.74. The lowest BCUT2D eigenvalue weighted by molar-refractivity contribution is -0.149. The van der Waals surface area contributed by atoms with E-state index in [2.05, 4.69) is 12.2 Å². The topological polar surface area (TPSA) is 66.4 Å². The Morgan fingerprint density at radius 2 is 1.88 bits per heavy atom. The summed E-state index contributed by atoms with van der Waals surface area (Å²) < 4.78 is 0. The molecule has 0 heterocycles. The second-order valence-corrected chi connectivity index (χ2v) is 4.64. The summed E-state index contributed by atoms with van der Waals surface area (Å²) in [5.74, 6) is -0.438. The minimum atomic E-state index is -1.00. The maximum atomic E-state index is 11.4. The number of rotatable bonds is 4. The van der Waals surface area contributed by atoms with E-state index in [-0.39, 0.29) is 5.91 Å². The maximum absolute atomic E-state index is 11.4. The normalized spacial score (nSPS) is 29.8. The average Bonchev–Trinajstić information content (AvgIpc) is 2.29.